The molecule has 0 spiro atoms. The maximum absolute atomic E-state index is 12.9. The molecule has 3 saturated heterocycles. The molecule has 1 amide bonds. The highest BCUT2D eigenvalue weighted by atomic mass is 32.2. The molecule has 1 N–H and O–H groups in total. The van der Waals surface area contributed by atoms with Crippen LogP contribution in [0.5, 0.6) is 0 Å². The van der Waals surface area contributed by atoms with E-state index in [0.29, 0.717) is 30.7 Å². The van der Waals surface area contributed by atoms with Crippen molar-refractivity contribution in [3.8, 4) is 0 Å². The third-order valence-corrected chi connectivity index (χ3v) is 10.7. The number of benzene rings is 1. The summed E-state index contributed by atoms with van der Waals surface area (Å²) in [6.45, 7) is 8.86. The monoisotopic (exact) mass is 633 g/mol. The van der Waals surface area contributed by atoms with Crippen molar-refractivity contribution >= 4 is 49.8 Å². The number of likely N-dealkylation sites (tertiary alicyclic amines) is 1. The number of ether oxygens (including phenoxy) is 1. The topological polar surface area (TPSA) is 121 Å². The van der Waals surface area contributed by atoms with Crippen LogP contribution in [0.1, 0.15) is 50.6 Å². The molecule has 0 saturated carbocycles. The maximum atomic E-state index is 12.9. The molecule has 5 heterocycles. The molecular weight excluding hydrogens is 590 g/mol. The second-order valence-electron chi connectivity index (χ2n) is 12.6. The van der Waals surface area contributed by atoms with Gasteiger partial charge in [0.05, 0.1) is 17.9 Å². The van der Waals surface area contributed by atoms with Crippen LogP contribution in [0.15, 0.2) is 49.3 Å². The Bertz CT molecular complexity index is 1670. The first-order valence-electron chi connectivity index (χ1n) is 15.8. The molecule has 6 rings (SSSR count). The van der Waals surface area contributed by atoms with E-state index in [1.807, 2.05) is 23.2 Å². The molecule has 45 heavy (non-hydrogen) atoms. The minimum atomic E-state index is -3.06. The fourth-order valence-electron chi connectivity index (χ4n) is 7.07. The van der Waals surface area contributed by atoms with Gasteiger partial charge in [-0.15, -0.1) is 0 Å². The minimum Gasteiger partial charge on any atom is -0.381 e. The molecule has 3 aliphatic heterocycles. The summed E-state index contributed by atoms with van der Waals surface area (Å²) >= 11 is 0. The first-order chi connectivity index (χ1) is 21.6. The van der Waals surface area contributed by atoms with Crippen LogP contribution in [-0.2, 0) is 19.4 Å². The Morgan fingerprint density at radius 2 is 1.89 bits per heavy atom. The number of anilines is 4. The van der Waals surface area contributed by atoms with Gasteiger partial charge in [0.1, 0.15) is 21.5 Å². The van der Waals surface area contributed by atoms with Crippen molar-refractivity contribution in [2.45, 2.75) is 57.2 Å². The van der Waals surface area contributed by atoms with Crippen molar-refractivity contribution in [3.05, 3.63) is 54.9 Å². The summed E-state index contributed by atoms with van der Waals surface area (Å²) in [4.78, 5) is 33.4. The summed E-state index contributed by atoms with van der Waals surface area (Å²) in [5.41, 5.74) is 2.09. The molecule has 2 aromatic heterocycles. The third kappa shape index (κ3) is 6.62. The molecule has 12 heteroatoms. The molecule has 0 radical (unpaired) electrons. The predicted octanol–water partition coefficient (Wildman–Crippen LogP) is 4.49. The number of hydrogen-bond acceptors (Lipinski definition) is 10. The van der Waals surface area contributed by atoms with E-state index >= 15 is 0 Å². The van der Waals surface area contributed by atoms with Gasteiger partial charge in [0, 0.05) is 75.0 Å². The largest absolute Gasteiger partial charge is 0.381 e. The lowest BCUT2D eigenvalue weighted by molar-refractivity contribution is -0.129. The average Bonchev–Trinajstić information content (AvgIpc) is 3.05. The molecule has 0 bridgehead atoms. The minimum absolute atomic E-state index is 0.0626. The van der Waals surface area contributed by atoms with E-state index in [1.54, 1.807) is 13.3 Å². The summed E-state index contributed by atoms with van der Waals surface area (Å²) in [5.74, 6) is 2.17. The van der Waals surface area contributed by atoms with Crippen molar-refractivity contribution in [1.29, 1.82) is 0 Å². The van der Waals surface area contributed by atoms with Gasteiger partial charge in [0.25, 0.3) is 0 Å². The van der Waals surface area contributed by atoms with Crippen molar-refractivity contribution in [1.82, 2.24) is 19.9 Å². The van der Waals surface area contributed by atoms with Crippen LogP contribution in [0.2, 0.25) is 0 Å². The fourth-order valence-corrected chi connectivity index (χ4v) is 8.23. The number of sulfone groups is 1. The molecule has 3 fully saturated rings. The van der Waals surface area contributed by atoms with E-state index < -0.39 is 9.84 Å². The van der Waals surface area contributed by atoms with E-state index in [1.165, 1.54) is 12.3 Å². The Kier molecular flexibility index (Phi) is 8.96. The van der Waals surface area contributed by atoms with E-state index in [2.05, 4.69) is 45.7 Å². The number of nitrogens with zero attached hydrogens (tertiary/aromatic N) is 6. The number of hydrogen-bond donors (Lipinski definition) is 1. The summed E-state index contributed by atoms with van der Waals surface area (Å²) in [7, 11) is -1.31. The number of piperidine rings is 2. The van der Waals surface area contributed by atoms with E-state index in [4.69, 9.17) is 14.7 Å². The Morgan fingerprint density at radius 3 is 2.60 bits per heavy atom. The SMILES string of the molecule is C=CC(=O)N1CCCC[C@H]1c1ccc(N2C[C@H](CS(C)(=O)=O)[C@H]2C)c2cnc(Nc3ccnc(N4CCC(OC)CC4)n3)cc12. The molecule has 3 aromatic rings. The van der Waals surface area contributed by atoms with Crippen molar-refractivity contribution < 1.29 is 17.9 Å². The van der Waals surface area contributed by atoms with Gasteiger partial charge in [0.15, 0.2) is 0 Å². The lowest BCUT2D eigenvalue weighted by Crippen LogP contribution is -2.57. The number of carbonyl (C=O) groups excluding carboxylic acids is 1. The van der Waals surface area contributed by atoms with Gasteiger partial charge >= 0.3 is 0 Å². The zero-order valence-electron chi connectivity index (χ0n) is 26.4. The van der Waals surface area contributed by atoms with Crippen LogP contribution in [0.4, 0.5) is 23.3 Å². The second-order valence-corrected chi connectivity index (χ2v) is 14.8. The van der Waals surface area contributed by atoms with E-state index in [9.17, 15) is 13.2 Å². The number of aromatic nitrogens is 3. The molecule has 0 aliphatic carbocycles. The third-order valence-electron chi connectivity index (χ3n) is 9.62. The molecule has 3 aliphatic rings. The molecule has 0 unspecified atom stereocenters. The zero-order valence-corrected chi connectivity index (χ0v) is 27.2. The van der Waals surface area contributed by atoms with Crippen LogP contribution < -0.4 is 15.1 Å². The summed E-state index contributed by atoms with van der Waals surface area (Å²) in [6.07, 6.45) is 11.4. The smallest absolute Gasteiger partial charge is 0.246 e. The van der Waals surface area contributed by atoms with Gasteiger partial charge in [-0.2, -0.15) is 4.98 Å². The molecule has 3 atom stereocenters. The van der Waals surface area contributed by atoms with Crippen LogP contribution in [0.25, 0.3) is 10.8 Å². The Balaban J connectivity index is 1.34. The first kappa shape index (κ1) is 31.2. The van der Waals surface area contributed by atoms with Gasteiger partial charge in [-0.05, 0) is 74.3 Å². The fraction of sp³-hybridized carbons (Fsp3) is 0.515. The van der Waals surface area contributed by atoms with Gasteiger partial charge in [-0.25, -0.2) is 18.4 Å². The normalized spacial score (nSPS) is 22.7. The number of fused-ring (bicyclic) bond motifs is 1. The molecule has 240 valence electrons. The van der Waals surface area contributed by atoms with Gasteiger partial charge in [-0.3, -0.25) is 4.79 Å². The highest BCUT2D eigenvalue weighted by molar-refractivity contribution is 7.90. The Morgan fingerprint density at radius 1 is 1.09 bits per heavy atom. The predicted molar refractivity (Wildman–Crippen MR) is 178 cm³/mol. The van der Waals surface area contributed by atoms with Crippen LogP contribution >= 0.6 is 0 Å². The number of methoxy groups -OCH3 is 1. The molecular formula is C33H43N7O4S. The Hall–Kier alpha value is -3.77. The molecule has 1 aromatic carbocycles. The lowest BCUT2D eigenvalue weighted by atomic mass is 9.87. The quantitative estimate of drug-likeness (QED) is 0.338. The average molecular weight is 634 g/mol. The first-order valence-corrected chi connectivity index (χ1v) is 17.9. The Labute approximate surface area is 265 Å². The van der Waals surface area contributed by atoms with Crippen LogP contribution in [0.3, 0.4) is 0 Å². The molecule has 11 nitrogen and oxygen atoms in total. The number of carbonyl (C=O) groups is 1. The van der Waals surface area contributed by atoms with Gasteiger partial charge in [0.2, 0.25) is 11.9 Å². The summed E-state index contributed by atoms with van der Waals surface area (Å²) in [6, 6.07) is 8.11. The van der Waals surface area contributed by atoms with Crippen LogP contribution in [0, 0.1) is 5.92 Å². The number of nitrogens with one attached hydrogen (secondary N) is 1. The highest BCUT2D eigenvalue weighted by Gasteiger charge is 2.39. The van der Waals surface area contributed by atoms with Crippen molar-refractivity contribution in [2.24, 2.45) is 5.92 Å². The van der Waals surface area contributed by atoms with Crippen molar-refractivity contribution in [2.75, 3.05) is 60.4 Å². The lowest BCUT2D eigenvalue weighted by Gasteiger charge is -2.48. The standard InChI is InChI=1S/C33H43N7O4S/c1-5-32(41)39-15-7-6-8-28(39)25-9-10-29(40-20-23(22(40)2)21-45(4,42)43)27-19-35-31(18-26(25)27)36-30-11-14-34-33(37-30)38-16-12-24(44-3)13-17-38/h5,9-11,14,18-19,22-24,28H,1,6-8,12-13,15-17,20-21H2,2-4H3,(H,34,35,36,37)/t22-,23-,28+/m1/s1. The van der Waals surface area contributed by atoms with Crippen molar-refractivity contribution in [3.63, 3.8) is 0 Å². The van der Waals surface area contributed by atoms with Crippen LogP contribution in [-0.4, -0.2) is 91.6 Å². The number of pyridine rings is 1. The second kappa shape index (κ2) is 12.9. The van der Waals surface area contributed by atoms with Gasteiger partial charge in [-0.1, -0.05) is 12.6 Å². The van der Waals surface area contributed by atoms with E-state index in [0.717, 1.165) is 67.2 Å². The zero-order chi connectivity index (χ0) is 31.7. The van der Waals surface area contributed by atoms with E-state index in [-0.39, 0.29) is 35.8 Å². The summed E-state index contributed by atoms with van der Waals surface area (Å²) in [5, 5.41) is 5.38. The maximum Gasteiger partial charge on any atom is 0.246 e. The van der Waals surface area contributed by atoms with Gasteiger partial charge < -0.3 is 24.8 Å². The highest BCUT2D eigenvalue weighted by Crippen LogP contribution is 2.42. The summed E-state index contributed by atoms with van der Waals surface area (Å²) < 4.78 is 29.5. The number of amides is 1. The number of rotatable bonds is 9.